The zero-order chi connectivity index (χ0) is 15.6. The molecule has 0 bridgehead atoms. The number of aromatic nitrogens is 4. The van der Waals surface area contributed by atoms with Gasteiger partial charge >= 0.3 is 0 Å². The molecule has 1 amide bonds. The van der Waals surface area contributed by atoms with Crippen LogP contribution >= 0.6 is 0 Å². The van der Waals surface area contributed by atoms with Crippen LogP contribution in [0, 0.1) is 0 Å². The van der Waals surface area contributed by atoms with Gasteiger partial charge in [-0.2, -0.15) is 10.2 Å². The molecule has 0 unspecified atom stereocenters. The van der Waals surface area contributed by atoms with E-state index >= 15 is 0 Å². The highest BCUT2D eigenvalue weighted by atomic mass is 16.4. The number of amides is 1. The molecule has 0 radical (unpaired) electrons. The molecule has 3 aromatic heterocycles. The Morgan fingerprint density at radius 2 is 2.13 bits per heavy atom. The summed E-state index contributed by atoms with van der Waals surface area (Å²) in [4.78, 5) is 22.8. The fraction of sp³-hybridized carbons (Fsp3) is 0.188. The molecule has 1 aliphatic heterocycles. The molecule has 7 heteroatoms. The molecule has 0 N–H and O–H groups in total. The summed E-state index contributed by atoms with van der Waals surface area (Å²) in [6.45, 7) is 1.02. The van der Waals surface area contributed by atoms with Crippen LogP contribution in [0.1, 0.15) is 21.8 Å². The Bertz CT molecular complexity index is 832. The summed E-state index contributed by atoms with van der Waals surface area (Å²) in [6, 6.07) is 5.40. The van der Waals surface area contributed by atoms with Gasteiger partial charge in [0.2, 0.25) is 5.89 Å². The minimum absolute atomic E-state index is 0.0727. The number of pyridine rings is 1. The fourth-order valence-electron chi connectivity index (χ4n) is 2.58. The molecule has 0 atom stereocenters. The third-order valence-corrected chi connectivity index (χ3v) is 3.75. The lowest BCUT2D eigenvalue weighted by Crippen LogP contribution is -2.35. The van der Waals surface area contributed by atoms with Crippen LogP contribution in [0.15, 0.2) is 47.4 Å². The molecule has 114 valence electrons. The van der Waals surface area contributed by atoms with E-state index in [1.165, 1.54) is 12.4 Å². The van der Waals surface area contributed by atoms with Crippen molar-refractivity contribution in [1.82, 2.24) is 25.1 Å². The number of carbonyl (C=O) groups is 1. The average molecular weight is 307 g/mol. The van der Waals surface area contributed by atoms with Gasteiger partial charge in [0.1, 0.15) is 11.5 Å². The molecular weight excluding hydrogens is 294 g/mol. The molecule has 0 fully saturated rings. The largest absolute Gasteiger partial charge is 0.441 e. The summed E-state index contributed by atoms with van der Waals surface area (Å²) in [5.41, 5.74) is 2.16. The van der Waals surface area contributed by atoms with E-state index in [4.69, 9.17) is 4.42 Å². The lowest BCUT2D eigenvalue weighted by Gasteiger charge is -2.25. The Kier molecular flexibility index (Phi) is 3.30. The normalized spacial score (nSPS) is 13.7. The van der Waals surface area contributed by atoms with Crippen LogP contribution in [-0.4, -0.2) is 37.5 Å². The summed E-state index contributed by atoms with van der Waals surface area (Å²) in [7, 11) is 0. The lowest BCUT2D eigenvalue weighted by molar-refractivity contribution is 0.0727. The van der Waals surface area contributed by atoms with Crippen LogP contribution in [0.25, 0.3) is 11.5 Å². The van der Waals surface area contributed by atoms with Crippen molar-refractivity contribution in [3.63, 3.8) is 0 Å². The average Bonchev–Trinajstić information content (AvgIpc) is 3.06. The van der Waals surface area contributed by atoms with Gasteiger partial charge in [-0.05, 0) is 18.2 Å². The van der Waals surface area contributed by atoms with E-state index in [1.807, 2.05) is 12.1 Å². The molecule has 0 saturated carbocycles. The first kappa shape index (κ1) is 13.6. The molecule has 0 aliphatic carbocycles. The van der Waals surface area contributed by atoms with Crippen molar-refractivity contribution >= 4 is 5.91 Å². The van der Waals surface area contributed by atoms with E-state index in [0.29, 0.717) is 31.0 Å². The van der Waals surface area contributed by atoms with Gasteiger partial charge in [0.25, 0.3) is 5.91 Å². The molecule has 0 spiro atoms. The first-order valence-electron chi connectivity index (χ1n) is 7.26. The maximum atomic E-state index is 12.5. The number of rotatable bonds is 2. The highest BCUT2D eigenvalue weighted by Crippen LogP contribution is 2.26. The maximum Gasteiger partial charge on any atom is 0.255 e. The third kappa shape index (κ3) is 2.57. The number of oxazole rings is 1. The van der Waals surface area contributed by atoms with Crippen LogP contribution < -0.4 is 0 Å². The van der Waals surface area contributed by atoms with Crippen molar-refractivity contribution in [2.45, 2.75) is 13.0 Å². The molecular formula is C16H13N5O2. The molecule has 7 nitrogen and oxygen atoms in total. The smallest absolute Gasteiger partial charge is 0.255 e. The first-order valence-corrected chi connectivity index (χ1v) is 7.26. The van der Waals surface area contributed by atoms with Gasteiger partial charge in [0.05, 0.1) is 30.1 Å². The van der Waals surface area contributed by atoms with E-state index in [0.717, 1.165) is 17.0 Å². The molecule has 1 aliphatic rings. The Labute approximate surface area is 132 Å². The summed E-state index contributed by atoms with van der Waals surface area (Å²) in [5, 5.41) is 7.44. The predicted molar refractivity (Wildman–Crippen MR) is 80.2 cm³/mol. The highest BCUT2D eigenvalue weighted by Gasteiger charge is 2.26. The van der Waals surface area contributed by atoms with E-state index < -0.39 is 0 Å². The van der Waals surface area contributed by atoms with Crippen molar-refractivity contribution in [1.29, 1.82) is 0 Å². The zero-order valence-corrected chi connectivity index (χ0v) is 12.2. The summed E-state index contributed by atoms with van der Waals surface area (Å²) in [5.74, 6) is 1.31. The summed E-state index contributed by atoms with van der Waals surface area (Å²) < 4.78 is 5.81. The van der Waals surface area contributed by atoms with Gasteiger partial charge in [0, 0.05) is 25.4 Å². The van der Waals surface area contributed by atoms with E-state index in [2.05, 4.69) is 20.2 Å². The van der Waals surface area contributed by atoms with E-state index in [1.54, 1.807) is 23.4 Å². The van der Waals surface area contributed by atoms with Gasteiger partial charge in [0.15, 0.2) is 0 Å². The Balaban J connectivity index is 1.58. The number of fused-ring (bicyclic) bond motifs is 1. The summed E-state index contributed by atoms with van der Waals surface area (Å²) >= 11 is 0. The van der Waals surface area contributed by atoms with Crippen molar-refractivity contribution < 1.29 is 9.21 Å². The van der Waals surface area contributed by atoms with E-state index in [9.17, 15) is 4.79 Å². The van der Waals surface area contributed by atoms with Crippen LogP contribution in [0.3, 0.4) is 0 Å². The predicted octanol–water partition coefficient (Wildman–Crippen LogP) is 1.73. The quantitative estimate of drug-likeness (QED) is 0.716. The zero-order valence-electron chi connectivity index (χ0n) is 12.2. The van der Waals surface area contributed by atoms with E-state index in [-0.39, 0.29) is 5.91 Å². The third-order valence-electron chi connectivity index (χ3n) is 3.75. The molecule has 0 saturated heterocycles. The Morgan fingerprint density at radius 3 is 2.91 bits per heavy atom. The highest BCUT2D eigenvalue weighted by molar-refractivity contribution is 5.93. The van der Waals surface area contributed by atoms with Crippen molar-refractivity contribution in [3.05, 3.63) is 60.0 Å². The second-order valence-electron chi connectivity index (χ2n) is 5.24. The summed E-state index contributed by atoms with van der Waals surface area (Å²) in [6.07, 6.45) is 7.05. The van der Waals surface area contributed by atoms with Crippen LogP contribution in [0.5, 0.6) is 0 Å². The topological polar surface area (TPSA) is 85.0 Å². The van der Waals surface area contributed by atoms with Crippen LogP contribution in [0.4, 0.5) is 0 Å². The molecule has 23 heavy (non-hydrogen) atoms. The minimum atomic E-state index is -0.0727. The van der Waals surface area contributed by atoms with Gasteiger partial charge in [-0.1, -0.05) is 0 Å². The number of hydrogen-bond donors (Lipinski definition) is 0. The van der Waals surface area contributed by atoms with Crippen molar-refractivity contribution in [2.24, 2.45) is 0 Å². The SMILES string of the molecule is O=C(c1ccnnc1)N1CCc2oc(-c3cccnc3)nc2C1. The fourth-order valence-corrected chi connectivity index (χ4v) is 2.58. The van der Waals surface area contributed by atoms with Crippen molar-refractivity contribution in [3.8, 4) is 11.5 Å². The van der Waals surface area contributed by atoms with Gasteiger partial charge in [-0.3, -0.25) is 9.78 Å². The monoisotopic (exact) mass is 307 g/mol. The van der Waals surface area contributed by atoms with Crippen LogP contribution in [-0.2, 0) is 13.0 Å². The van der Waals surface area contributed by atoms with Crippen LogP contribution in [0.2, 0.25) is 0 Å². The van der Waals surface area contributed by atoms with Crippen molar-refractivity contribution in [2.75, 3.05) is 6.54 Å². The molecule has 0 aromatic carbocycles. The lowest BCUT2D eigenvalue weighted by atomic mass is 10.1. The number of hydrogen-bond acceptors (Lipinski definition) is 6. The second kappa shape index (κ2) is 5.60. The Hall–Kier alpha value is -3.09. The van der Waals surface area contributed by atoms with Gasteiger partial charge in [-0.15, -0.1) is 0 Å². The first-order chi connectivity index (χ1) is 11.3. The number of nitrogens with zero attached hydrogens (tertiary/aromatic N) is 5. The number of carbonyl (C=O) groups excluding carboxylic acids is 1. The molecule has 4 heterocycles. The maximum absolute atomic E-state index is 12.5. The minimum Gasteiger partial charge on any atom is -0.441 e. The van der Waals surface area contributed by atoms with Gasteiger partial charge < -0.3 is 9.32 Å². The second-order valence-corrected chi connectivity index (χ2v) is 5.24. The standard InChI is InChI=1S/C16H13N5O2/c22-16(12-3-6-18-19-9-12)21-7-4-14-13(10-21)20-15(23-14)11-2-1-5-17-8-11/h1-3,5-6,8-9H,4,7,10H2. The molecule has 4 rings (SSSR count). The van der Waals surface area contributed by atoms with Gasteiger partial charge in [-0.25, -0.2) is 4.98 Å². The molecule has 3 aromatic rings. The Morgan fingerprint density at radius 1 is 1.17 bits per heavy atom.